The largest absolute Gasteiger partial charge is 0.465 e. The van der Waals surface area contributed by atoms with Crippen LogP contribution < -0.4 is 5.32 Å². The van der Waals surface area contributed by atoms with Crippen molar-refractivity contribution in [2.45, 2.75) is 19.5 Å². The number of amides is 1. The van der Waals surface area contributed by atoms with Gasteiger partial charge in [0.1, 0.15) is 0 Å². The third kappa shape index (κ3) is 5.04. The van der Waals surface area contributed by atoms with Gasteiger partial charge in [-0.15, -0.1) is 0 Å². The van der Waals surface area contributed by atoms with Crippen molar-refractivity contribution in [2.75, 3.05) is 12.4 Å². The molecule has 1 amide bonds. The van der Waals surface area contributed by atoms with E-state index in [9.17, 15) is 9.59 Å². The molecule has 3 aromatic rings. The minimum atomic E-state index is -0.392. The van der Waals surface area contributed by atoms with Gasteiger partial charge in [0, 0.05) is 25.4 Å². The lowest BCUT2D eigenvalue weighted by atomic mass is 10.1. The molecule has 0 spiro atoms. The van der Waals surface area contributed by atoms with Crippen molar-refractivity contribution in [3.63, 3.8) is 0 Å². The fourth-order valence-corrected chi connectivity index (χ4v) is 2.88. The number of nitrogens with zero attached hydrogens (tertiary/aromatic N) is 4. The number of methoxy groups -OCH3 is 1. The van der Waals surface area contributed by atoms with Crippen LogP contribution in [0.4, 0.5) is 5.69 Å². The summed E-state index contributed by atoms with van der Waals surface area (Å²) in [6.07, 6.45) is 7.07. The molecule has 0 unspecified atom stereocenters. The standard InChI is InChI=1S/C18H18BrN5O3/c1-27-18(26)16-5-3-2-4-13(16)10-24-12-15(9-21-24)22-17(25)6-7-23-11-14(19)8-20-23/h2-5,8-9,11-12H,6-7,10H2,1H3,(H,22,25). The summed E-state index contributed by atoms with van der Waals surface area (Å²) >= 11 is 3.32. The van der Waals surface area contributed by atoms with E-state index < -0.39 is 5.97 Å². The number of anilines is 1. The monoisotopic (exact) mass is 431 g/mol. The van der Waals surface area contributed by atoms with E-state index in [0.29, 0.717) is 30.8 Å². The van der Waals surface area contributed by atoms with E-state index in [1.807, 2.05) is 18.3 Å². The number of halogens is 1. The van der Waals surface area contributed by atoms with Gasteiger partial charge in [-0.2, -0.15) is 10.2 Å². The second-order valence-electron chi connectivity index (χ2n) is 5.80. The number of esters is 1. The Balaban J connectivity index is 1.58. The average Bonchev–Trinajstić information content (AvgIpc) is 3.28. The molecule has 0 bridgehead atoms. The third-order valence-electron chi connectivity index (χ3n) is 3.84. The number of ether oxygens (including phenoxy) is 1. The van der Waals surface area contributed by atoms with Gasteiger partial charge >= 0.3 is 5.97 Å². The van der Waals surface area contributed by atoms with Crippen LogP contribution in [0.1, 0.15) is 22.3 Å². The van der Waals surface area contributed by atoms with Crippen molar-refractivity contribution in [1.82, 2.24) is 19.6 Å². The zero-order valence-corrected chi connectivity index (χ0v) is 16.2. The molecule has 0 atom stereocenters. The highest BCUT2D eigenvalue weighted by molar-refractivity contribution is 9.10. The second kappa shape index (κ2) is 8.63. The van der Waals surface area contributed by atoms with Crippen LogP contribution in [-0.4, -0.2) is 38.5 Å². The molecule has 0 fully saturated rings. The Morgan fingerprint density at radius 1 is 1.15 bits per heavy atom. The summed E-state index contributed by atoms with van der Waals surface area (Å²) in [6, 6.07) is 7.18. The van der Waals surface area contributed by atoms with E-state index in [2.05, 4.69) is 31.4 Å². The predicted molar refractivity (Wildman–Crippen MR) is 102 cm³/mol. The number of hydrogen-bond donors (Lipinski definition) is 1. The van der Waals surface area contributed by atoms with E-state index >= 15 is 0 Å². The molecule has 2 aromatic heterocycles. The zero-order chi connectivity index (χ0) is 19.2. The van der Waals surface area contributed by atoms with Crippen molar-refractivity contribution >= 4 is 33.5 Å². The van der Waals surface area contributed by atoms with Gasteiger partial charge in [-0.05, 0) is 27.6 Å². The minimum absolute atomic E-state index is 0.129. The second-order valence-corrected chi connectivity index (χ2v) is 6.71. The Bertz CT molecular complexity index is 950. The molecule has 0 saturated carbocycles. The van der Waals surface area contributed by atoms with Crippen LogP contribution in [0.25, 0.3) is 0 Å². The lowest BCUT2D eigenvalue weighted by Gasteiger charge is -2.07. The number of aryl methyl sites for hydroxylation is 1. The fourth-order valence-electron chi connectivity index (χ4n) is 2.56. The maximum Gasteiger partial charge on any atom is 0.338 e. The smallest absolute Gasteiger partial charge is 0.338 e. The fraction of sp³-hybridized carbons (Fsp3) is 0.222. The van der Waals surface area contributed by atoms with Gasteiger partial charge in [0.05, 0.1) is 41.8 Å². The number of hydrogen-bond acceptors (Lipinski definition) is 5. The van der Waals surface area contributed by atoms with Crippen LogP contribution in [-0.2, 0) is 22.6 Å². The molecule has 2 heterocycles. The van der Waals surface area contributed by atoms with Crippen LogP contribution in [0.2, 0.25) is 0 Å². The number of carbonyl (C=O) groups excluding carboxylic acids is 2. The molecule has 27 heavy (non-hydrogen) atoms. The molecule has 3 rings (SSSR count). The van der Waals surface area contributed by atoms with Gasteiger partial charge in [-0.3, -0.25) is 14.2 Å². The minimum Gasteiger partial charge on any atom is -0.465 e. The van der Waals surface area contributed by atoms with Gasteiger partial charge in [0.25, 0.3) is 0 Å². The quantitative estimate of drug-likeness (QED) is 0.580. The molecule has 1 N–H and O–H groups in total. The summed E-state index contributed by atoms with van der Waals surface area (Å²) in [6.45, 7) is 0.876. The highest BCUT2D eigenvalue weighted by atomic mass is 79.9. The number of rotatable bonds is 7. The first-order valence-electron chi connectivity index (χ1n) is 8.21. The summed E-state index contributed by atoms with van der Waals surface area (Å²) in [5, 5.41) is 11.2. The number of nitrogens with one attached hydrogen (secondary N) is 1. The lowest BCUT2D eigenvalue weighted by molar-refractivity contribution is -0.116. The summed E-state index contributed by atoms with van der Waals surface area (Å²) in [4.78, 5) is 23.9. The highest BCUT2D eigenvalue weighted by Crippen LogP contribution is 2.14. The highest BCUT2D eigenvalue weighted by Gasteiger charge is 2.12. The van der Waals surface area contributed by atoms with Gasteiger partial charge < -0.3 is 10.1 Å². The summed E-state index contributed by atoms with van der Waals surface area (Å²) in [5.74, 6) is -0.521. The normalized spacial score (nSPS) is 10.6. The number of aromatic nitrogens is 4. The van der Waals surface area contributed by atoms with Crippen LogP contribution in [0.5, 0.6) is 0 Å². The molecular formula is C18H18BrN5O3. The van der Waals surface area contributed by atoms with Crippen molar-refractivity contribution in [1.29, 1.82) is 0 Å². The Morgan fingerprint density at radius 3 is 2.67 bits per heavy atom. The summed E-state index contributed by atoms with van der Waals surface area (Å²) in [7, 11) is 1.35. The third-order valence-corrected chi connectivity index (χ3v) is 4.25. The van der Waals surface area contributed by atoms with Crippen LogP contribution in [0, 0.1) is 0 Å². The van der Waals surface area contributed by atoms with Gasteiger partial charge in [-0.1, -0.05) is 18.2 Å². The maximum absolute atomic E-state index is 12.1. The molecule has 9 heteroatoms. The van der Waals surface area contributed by atoms with Gasteiger partial charge in [0.15, 0.2) is 0 Å². The first-order chi connectivity index (χ1) is 13.0. The predicted octanol–water partition coefficient (Wildman–Crippen LogP) is 2.71. The van der Waals surface area contributed by atoms with E-state index in [1.165, 1.54) is 7.11 Å². The Kier molecular flexibility index (Phi) is 6.02. The van der Waals surface area contributed by atoms with Gasteiger partial charge in [0.2, 0.25) is 5.91 Å². The molecule has 0 aliphatic carbocycles. The van der Waals surface area contributed by atoms with E-state index in [-0.39, 0.29) is 5.91 Å². The molecule has 0 aliphatic rings. The number of carbonyl (C=O) groups is 2. The van der Waals surface area contributed by atoms with E-state index in [0.717, 1.165) is 10.0 Å². The molecule has 0 radical (unpaired) electrons. The van der Waals surface area contributed by atoms with Crippen molar-refractivity contribution < 1.29 is 14.3 Å². The zero-order valence-electron chi connectivity index (χ0n) is 14.6. The molecule has 1 aromatic carbocycles. The molecule has 0 aliphatic heterocycles. The maximum atomic E-state index is 12.1. The molecule has 0 saturated heterocycles. The van der Waals surface area contributed by atoms with E-state index in [4.69, 9.17) is 4.74 Å². The van der Waals surface area contributed by atoms with Crippen LogP contribution in [0.15, 0.2) is 53.5 Å². The Hall–Kier alpha value is -2.94. The number of benzene rings is 1. The molecule has 8 nitrogen and oxygen atoms in total. The van der Waals surface area contributed by atoms with E-state index in [1.54, 1.807) is 40.1 Å². The van der Waals surface area contributed by atoms with Crippen LogP contribution in [0.3, 0.4) is 0 Å². The first kappa shape index (κ1) is 18.8. The van der Waals surface area contributed by atoms with Crippen LogP contribution >= 0.6 is 15.9 Å². The molecular weight excluding hydrogens is 414 g/mol. The molecule has 140 valence electrons. The summed E-state index contributed by atoms with van der Waals surface area (Å²) in [5.41, 5.74) is 1.87. The van der Waals surface area contributed by atoms with Crippen molar-refractivity contribution in [3.05, 3.63) is 64.7 Å². The Morgan fingerprint density at radius 2 is 1.93 bits per heavy atom. The first-order valence-corrected chi connectivity index (χ1v) is 9.01. The van der Waals surface area contributed by atoms with Crippen molar-refractivity contribution in [2.24, 2.45) is 0 Å². The average molecular weight is 432 g/mol. The lowest BCUT2D eigenvalue weighted by Crippen LogP contribution is -2.14. The Labute approximate surface area is 164 Å². The summed E-state index contributed by atoms with van der Waals surface area (Å²) < 4.78 is 9.02. The van der Waals surface area contributed by atoms with Gasteiger partial charge in [-0.25, -0.2) is 4.79 Å². The van der Waals surface area contributed by atoms with Crippen molar-refractivity contribution in [3.8, 4) is 0 Å². The SMILES string of the molecule is COC(=O)c1ccccc1Cn1cc(NC(=O)CCn2cc(Br)cn2)cn1. The topological polar surface area (TPSA) is 91.0 Å².